The van der Waals surface area contributed by atoms with Crippen molar-refractivity contribution in [3.05, 3.63) is 39.4 Å². The molecule has 0 unspecified atom stereocenters. The number of alkyl halides is 1. The predicted octanol–water partition coefficient (Wildman–Crippen LogP) is 3.12. The van der Waals surface area contributed by atoms with Crippen LogP contribution in [-0.2, 0) is 6.42 Å². The van der Waals surface area contributed by atoms with E-state index in [9.17, 15) is 14.9 Å². The fraction of sp³-hybridized carbons (Fsp3) is 0.364. The Morgan fingerprint density at radius 3 is 2.69 bits per heavy atom. The number of carbonyl (C=O) groups is 1. The lowest BCUT2D eigenvalue weighted by molar-refractivity contribution is -0.385. The lowest BCUT2D eigenvalue weighted by atomic mass is 10.0. The molecule has 0 bridgehead atoms. The zero-order valence-electron chi connectivity index (χ0n) is 8.90. The molecular formula is C11H12BrNO3. The molecule has 0 saturated heterocycles. The topological polar surface area (TPSA) is 60.2 Å². The summed E-state index contributed by atoms with van der Waals surface area (Å²) >= 11 is 3.17. The summed E-state index contributed by atoms with van der Waals surface area (Å²) in [7, 11) is 0. The molecule has 0 N–H and O–H groups in total. The number of benzene rings is 1. The number of nitro groups is 1. The first-order chi connectivity index (χ1) is 7.60. The molecule has 0 heterocycles. The third-order valence-corrected chi connectivity index (χ3v) is 2.70. The predicted molar refractivity (Wildman–Crippen MR) is 65.2 cm³/mol. The Hall–Kier alpha value is -1.23. The van der Waals surface area contributed by atoms with E-state index in [1.54, 1.807) is 12.1 Å². The van der Waals surface area contributed by atoms with Crippen LogP contribution in [0.15, 0.2) is 18.2 Å². The second-order valence-corrected chi connectivity index (χ2v) is 4.11. The van der Waals surface area contributed by atoms with Crippen LogP contribution in [0.2, 0.25) is 0 Å². The molecule has 16 heavy (non-hydrogen) atoms. The Morgan fingerprint density at radius 2 is 2.19 bits per heavy atom. The molecule has 0 amide bonds. The molecule has 86 valence electrons. The van der Waals surface area contributed by atoms with E-state index in [4.69, 9.17) is 0 Å². The first kappa shape index (κ1) is 12.8. The van der Waals surface area contributed by atoms with Gasteiger partial charge in [-0.05, 0) is 6.42 Å². The second kappa shape index (κ2) is 5.75. The van der Waals surface area contributed by atoms with Gasteiger partial charge in [-0.1, -0.05) is 35.0 Å². The van der Waals surface area contributed by atoms with Crippen molar-refractivity contribution in [3.63, 3.8) is 0 Å². The molecule has 0 aliphatic carbocycles. The van der Waals surface area contributed by atoms with Crippen molar-refractivity contribution in [2.24, 2.45) is 0 Å². The number of halogens is 1. The Labute approximate surface area is 102 Å². The van der Waals surface area contributed by atoms with Gasteiger partial charge >= 0.3 is 0 Å². The SMILES string of the molecule is CCc1ccc(C(=O)CCBr)cc1[N+](=O)[O-]. The van der Waals surface area contributed by atoms with Crippen molar-refractivity contribution in [1.29, 1.82) is 0 Å². The number of nitrogens with zero attached hydrogens (tertiary/aromatic N) is 1. The lowest BCUT2D eigenvalue weighted by Gasteiger charge is -2.02. The summed E-state index contributed by atoms with van der Waals surface area (Å²) in [6, 6.07) is 4.67. The average Bonchev–Trinajstić information content (AvgIpc) is 2.28. The Bertz CT molecular complexity index is 418. The molecule has 0 saturated carbocycles. The minimum Gasteiger partial charge on any atom is -0.294 e. The number of hydrogen-bond acceptors (Lipinski definition) is 3. The van der Waals surface area contributed by atoms with E-state index in [0.29, 0.717) is 29.3 Å². The van der Waals surface area contributed by atoms with Gasteiger partial charge in [-0.2, -0.15) is 0 Å². The number of carbonyl (C=O) groups excluding carboxylic acids is 1. The van der Waals surface area contributed by atoms with Crippen LogP contribution in [0.25, 0.3) is 0 Å². The molecule has 0 radical (unpaired) electrons. The van der Waals surface area contributed by atoms with Gasteiger partial charge < -0.3 is 0 Å². The van der Waals surface area contributed by atoms with Crippen LogP contribution in [0, 0.1) is 10.1 Å². The highest BCUT2D eigenvalue weighted by Gasteiger charge is 2.15. The molecule has 1 aromatic carbocycles. The molecule has 1 aromatic rings. The fourth-order valence-electron chi connectivity index (χ4n) is 1.44. The van der Waals surface area contributed by atoms with Crippen LogP contribution < -0.4 is 0 Å². The normalized spacial score (nSPS) is 10.1. The number of nitro benzene ring substituents is 1. The van der Waals surface area contributed by atoms with Crippen LogP contribution in [0.3, 0.4) is 0 Å². The van der Waals surface area contributed by atoms with Crippen LogP contribution in [0.4, 0.5) is 5.69 Å². The van der Waals surface area contributed by atoms with Gasteiger partial charge in [-0.3, -0.25) is 14.9 Å². The summed E-state index contributed by atoms with van der Waals surface area (Å²) in [5.74, 6) is -0.0809. The van der Waals surface area contributed by atoms with E-state index in [2.05, 4.69) is 15.9 Å². The standard InChI is InChI=1S/C11H12BrNO3/c1-2-8-3-4-9(11(14)5-6-12)7-10(8)13(15)16/h3-4,7H,2,5-6H2,1H3. The van der Waals surface area contributed by atoms with Crippen molar-refractivity contribution in [2.45, 2.75) is 19.8 Å². The van der Waals surface area contributed by atoms with Gasteiger partial charge in [0.25, 0.3) is 5.69 Å². The Morgan fingerprint density at radius 1 is 1.50 bits per heavy atom. The molecule has 0 aromatic heterocycles. The first-order valence-corrected chi connectivity index (χ1v) is 6.08. The Kier molecular flexibility index (Phi) is 4.61. The van der Waals surface area contributed by atoms with Gasteiger partial charge in [0.1, 0.15) is 0 Å². The minimum absolute atomic E-state index is 0.0305. The van der Waals surface area contributed by atoms with Gasteiger partial charge in [0, 0.05) is 28.9 Å². The summed E-state index contributed by atoms with van der Waals surface area (Å²) in [5.41, 5.74) is 1.09. The summed E-state index contributed by atoms with van der Waals surface area (Å²) in [5, 5.41) is 11.4. The molecule has 0 atom stereocenters. The first-order valence-electron chi connectivity index (χ1n) is 4.96. The largest absolute Gasteiger partial charge is 0.294 e. The van der Waals surface area contributed by atoms with E-state index in [1.165, 1.54) is 6.07 Å². The van der Waals surface area contributed by atoms with E-state index < -0.39 is 4.92 Å². The smallest absolute Gasteiger partial charge is 0.273 e. The van der Waals surface area contributed by atoms with Crippen molar-refractivity contribution in [1.82, 2.24) is 0 Å². The molecule has 5 heteroatoms. The number of aryl methyl sites for hydroxylation is 1. The molecule has 1 rings (SSSR count). The molecule has 0 fully saturated rings. The maximum atomic E-state index is 11.6. The maximum absolute atomic E-state index is 11.6. The lowest BCUT2D eigenvalue weighted by Crippen LogP contribution is -2.02. The van der Waals surface area contributed by atoms with E-state index in [0.717, 1.165) is 0 Å². The Balaban J connectivity index is 3.11. The van der Waals surface area contributed by atoms with Crippen LogP contribution in [0.1, 0.15) is 29.3 Å². The number of rotatable bonds is 5. The second-order valence-electron chi connectivity index (χ2n) is 3.32. The summed E-state index contributed by atoms with van der Waals surface area (Å²) in [6.45, 7) is 1.85. The molecule has 4 nitrogen and oxygen atoms in total. The van der Waals surface area contributed by atoms with Crippen molar-refractivity contribution in [2.75, 3.05) is 5.33 Å². The third kappa shape index (κ3) is 2.88. The number of ketones is 1. The highest BCUT2D eigenvalue weighted by atomic mass is 79.9. The van der Waals surface area contributed by atoms with E-state index >= 15 is 0 Å². The highest BCUT2D eigenvalue weighted by Crippen LogP contribution is 2.21. The van der Waals surface area contributed by atoms with Crippen molar-refractivity contribution >= 4 is 27.4 Å². The van der Waals surface area contributed by atoms with Gasteiger partial charge in [-0.15, -0.1) is 0 Å². The van der Waals surface area contributed by atoms with E-state index in [1.807, 2.05) is 6.92 Å². The number of hydrogen-bond donors (Lipinski definition) is 0. The molecule has 0 spiro atoms. The van der Waals surface area contributed by atoms with Gasteiger partial charge in [0.15, 0.2) is 5.78 Å². The van der Waals surface area contributed by atoms with Crippen LogP contribution in [-0.4, -0.2) is 16.0 Å². The maximum Gasteiger partial charge on any atom is 0.273 e. The molecule has 0 aliphatic rings. The van der Waals surface area contributed by atoms with E-state index in [-0.39, 0.29) is 11.5 Å². The van der Waals surface area contributed by atoms with Crippen molar-refractivity contribution in [3.8, 4) is 0 Å². The fourth-order valence-corrected chi connectivity index (χ4v) is 1.80. The zero-order valence-corrected chi connectivity index (χ0v) is 10.5. The average molecular weight is 286 g/mol. The van der Waals surface area contributed by atoms with Gasteiger partial charge in [-0.25, -0.2) is 0 Å². The summed E-state index contributed by atoms with van der Waals surface area (Å²) in [6.07, 6.45) is 0.936. The van der Waals surface area contributed by atoms with Crippen LogP contribution >= 0.6 is 15.9 Å². The third-order valence-electron chi connectivity index (χ3n) is 2.31. The molecular weight excluding hydrogens is 274 g/mol. The summed E-state index contributed by atoms with van der Waals surface area (Å²) in [4.78, 5) is 21.9. The molecule has 0 aliphatic heterocycles. The zero-order chi connectivity index (χ0) is 12.1. The number of Topliss-reactive ketones (excluding diaryl/α,β-unsaturated/α-hetero) is 1. The van der Waals surface area contributed by atoms with Crippen LogP contribution in [0.5, 0.6) is 0 Å². The quantitative estimate of drug-likeness (QED) is 0.361. The monoisotopic (exact) mass is 285 g/mol. The summed E-state index contributed by atoms with van der Waals surface area (Å²) < 4.78 is 0. The highest BCUT2D eigenvalue weighted by molar-refractivity contribution is 9.09. The van der Waals surface area contributed by atoms with Crippen molar-refractivity contribution < 1.29 is 9.72 Å². The van der Waals surface area contributed by atoms with Gasteiger partial charge in [0.2, 0.25) is 0 Å². The minimum atomic E-state index is -0.441. The van der Waals surface area contributed by atoms with Gasteiger partial charge in [0.05, 0.1) is 4.92 Å².